The van der Waals surface area contributed by atoms with Crippen LogP contribution in [0.5, 0.6) is 0 Å². The highest BCUT2D eigenvalue weighted by Crippen LogP contribution is 2.35. The minimum atomic E-state index is 1.08. The van der Waals surface area contributed by atoms with E-state index in [1.54, 1.807) is 0 Å². The van der Waals surface area contributed by atoms with Gasteiger partial charge in [-0.1, -0.05) is 57.4 Å². The third-order valence-corrected chi connectivity index (χ3v) is 4.14. The number of nitrogens with zero attached hydrogens (tertiary/aromatic N) is 1. The van der Waals surface area contributed by atoms with Gasteiger partial charge in [-0.3, -0.25) is 0 Å². The van der Waals surface area contributed by atoms with E-state index in [4.69, 9.17) is 0 Å². The van der Waals surface area contributed by atoms with Crippen LogP contribution >= 0.6 is 15.9 Å². The molecule has 0 saturated carbocycles. The molecule has 0 bridgehead atoms. The van der Waals surface area contributed by atoms with E-state index >= 15 is 0 Å². The second-order valence-electron chi connectivity index (χ2n) is 5.49. The summed E-state index contributed by atoms with van der Waals surface area (Å²) in [6.45, 7) is 4.22. The molecule has 3 aromatic rings. The predicted octanol–water partition coefficient (Wildman–Crippen LogP) is 6.54. The first-order valence-electron chi connectivity index (χ1n) is 7.32. The van der Waals surface area contributed by atoms with E-state index in [9.17, 15) is 0 Å². The summed E-state index contributed by atoms with van der Waals surface area (Å²) in [5.41, 5.74) is 5.99. The third-order valence-electron chi connectivity index (χ3n) is 3.65. The highest BCUT2D eigenvalue weighted by Gasteiger charge is 2.12. The molecule has 3 aromatic carbocycles. The summed E-state index contributed by atoms with van der Waals surface area (Å²) in [6, 6.07) is 25.6. The van der Waals surface area contributed by atoms with Crippen LogP contribution in [0.3, 0.4) is 0 Å². The second kappa shape index (κ2) is 6.37. The van der Waals surface area contributed by atoms with Gasteiger partial charge in [0.25, 0.3) is 0 Å². The lowest BCUT2D eigenvalue weighted by Crippen LogP contribution is -2.09. The van der Waals surface area contributed by atoms with E-state index in [0.717, 1.165) is 21.5 Å². The molecule has 0 N–H and O–H groups in total. The molecule has 0 fully saturated rings. The van der Waals surface area contributed by atoms with Gasteiger partial charge in [-0.15, -0.1) is 0 Å². The number of hydrogen-bond acceptors (Lipinski definition) is 1. The molecule has 0 spiro atoms. The van der Waals surface area contributed by atoms with Crippen molar-refractivity contribution in [2.45, 2.75) is 13.8 Å². The maximum absolute atomic E-state index is 3.57. The number of aryl methyl sites for hydroxylation is 2. The fourth-order valence-electron chi connectivity index (χ4n) is 2.45. The SMILES string of the molecule is Cc1ccc(N(c2ccc(C)cc2)c2cccc(Br)c2)cc1. The van der Waals surface area contributed by atoms with Crippen molar-refractivity contribution < 1.29 is 0 Å². The van der Waals surface area contributed by atoms with Gasteiger partial charge in [-0.25, -0.2) is 0 Å². The fraction of sp³-hybridized carbons (Fsp3) is 0.100. The normalized spacial score (nSPS) is 10.5. The van der Waals surface area contributed by atoms with Gasteiger partial charge in [-0.05, 0) is 56.3 Å². The van der Waals surface area contributed by atoms with E-state index in [1.807, 2.05) is 6.07 Å². The molecular weight excluding hydrogens is 334 g/mol. The molecule has 0 unspecified atom stereocenters. The molecule has 0 aliphatic rings. The molecule has 3 rings (SSSR count). The molecule has 0 radical (unpaired) electrons. The fourth-order valence-corrected chi connectivity index (χ4v) is 2.84. The van der Waals surface area contributed by atoms with Crippen molar-refractivity contribution in [1.82, 2.24) is 0 Å². The van der Waals surface area contributed by atoms with Crippen LogP contribution in [-0.2, 0) is 0 Å². The van der Waals surface area contributed by atoms with Gasteiger partial charge in [0.15, 0.2) is 0 Å². The Hall–Kier alpha value is -2.06. The van der Waals surface area contributed by atoms with Crippen LogP contribution in [0.1, 0.15) is 11.1 Å². The Balaban J connectivity index is 2.13. The lowest BCUT2D eigenvalue weighted by molar-refractivity contribution is 1.26. The van der Waals surface area contributed by atoms with Gasteiger partial charge in [0.05, 0.1) is 0 Å². The van der Waals surface area contributed by atoms with Gasteiger partial charge < -0.3 is 4.90 Å². The Morgan fingerprint density at radius 3 is 1.59 bits per heavy atom. The van der Waals surface area contributed by atoms with E-state index in [-0.39, 0.29) is 0 Å². The number of hydrogen-bond donors (Lipinski definition) is 0. The van der Waals surface area contributed by atoms with Gasteiger partial charge in [0, 0.05) is 21.5 Å². The number of anilines is 3. The molecule has 0 atom stereocenters. The lowest BCUT2D eigenvalue weighted by atomic mass is 10.1. The number of halogens is 1. The Kier molecular flexibility index (Phi) is 4.30. The van der Waals surface area contributed by atoms with E-state index in [2.05, 4.69) is 101 Å². The summed E-state index contributed by atoms with van der Waals surface area (Å²) in [4.78, 5) is 2.27. The van der Waals surface area contributed by atoms with Crippen molar-refractivity contribution in [3.63, 3.8) is 0 Å². The van der Waals surface area contributed by atoms with Crippen LogP contribution in [-0.4, -0.2) is 0 Å². The zero-order valence-electron chi connectivity index (χ0n) is 12.8. The van der Waals surface area contributed by atoms with Gasteiger partial charge in [0.1, 0.15) is 0 Å². The van der Waals surface area contributed by atoms with Crippen LogP contribution < -0.4 is 4.90 Å². The first kappa shape index (κ1) is 14.9. The molecule has 0 aromatic heterocycles. The molecule has 2 heteroatoms. The highest BCUT2D eigenvalue weighted by molar-refractivity contribution is 9.10. The Labute approximate surface area is 140 Å². The predicted molar refractivity (Wildman–Crippen MR) is 98.3 cm³/mol. The third kappa shape index (κ3) is 3.23. The van der Waals surface area contributed by atoms with Crippen LogP contribution in [0.25, 0.3) is 0 Å². The Morgan fingerprint density at radius 2 is 1.14 bits per heavy atom. The quantitative estimate of drug-likeness (QED) is 0.518. The molecule has 0 amide bonds. The standard InChI is InChI=1S/C20H18BrN/c1-15-6-10-18(11-7-15)22(19-12-8-16(2)9-13-19)20-5-3-4-17(21)14-20/h3-14H,1-2H3. The average molecular weight is 352 g/mol. The van der Waals surface area contributed by atoms with E-state index in [0.29, 0.717) is 0 Å². The topological polar surface area (TPSA) is 3.24 Å². The van der Waals surface area contributed by atoms with Crippen molar-refractivity contribution >= 4 is 33.0 Å². The zero-order chi connectivity index (χ0) is 15.5. The maximum atomic E-state index is 3.57. The Bertz CT molecular complexity index is 715. The van der Waals surface area contributed by atoms with Crippen molar-refractivity contribution in [2.75, 3.05) is 4.90 Å². The van der Waals surface area contributed by atoms with Crippen molar-refractivity contribution in [3.05, 3.63) is 88.4 Å². The largest absolute Gasteiger partial charge is 0.310 e. The maximum Gasteiger partial charge on any atom is 0.0472 e. The molecular formula is C20H18BrN. The van der Waals surface area contributed by atoms with Crippen LogP contribution in [0.2, 0.25) is 0 Å². The molecule has 0 saturated heterocycles. The average Bonchev–Trinajstić information content (AvgIpc) is 2.51. The molecule has 0 heterocycles. The lowest BCUT2D eigenvalue weighted by Gasteiger charge is -2.25. The summed E-state index contributed by atoms with van der Waals surface area (Å²) < 4.78 is 1.08. The van der Waals surface area contributed by atoms with Crippen LogP contribution in [0.4, 0.5) is 17.1 Å². The first-order valence-corrected chi connectivity index (χ1v) is 8.12. The zero-order valence-corrected chi connectivity index (χ0v) is 14.3. The van der Waals surface area contributed by atoms with Crippen molar-refractivity contribution in [2.24, 2.45) is 0 Å². The van der Waals surface area contributed by atoms with E-state index < -0.39 is 0 Å². The highest BCUT2D eigenvalue weighted by atomic mass is 79.9. The molecule has 110 valence electrons. The van der Waals surface area contributed by atoms with E-state index in [1.165, 1.54) is 11.1 Å². The van der Waals surface area contributed by atoms with Crippen LogP contribution in [0.15, 0.2) is 77.3 Å². The Morgan fingerprint density at radius 1 is 0.636 bits per heavy atom. The van der Waals surface area contributed by atoms with Gasteiger partial charge in [-0.2, -0.15) is 0 Å². The number of benzene rings is 3. The monoisotopic (exact) mass is 351 g/mol. The summed E-state index contributed by atoms with van der Waals surface area (Å²) in [5, 5.41) is 0. The van der Waals surface area contributed by atoms with Gasteiger partial charge in [0.2, 0.25) is 0 Å². The summed E-state index contributed by atoms with van der Waals surface area (Å²) in [6.07, 6.45) is 0. The number of rotatable bonds is 3. The van der Waals surface area contributed by atoms with Crippen molar-refractivity contribution in [3.8, 4) is 0 Å². The molecule has 22 heavy (non-hydrogen) atoms. The first-order chi connectivity index (χ1) is 10.6. The molecule has 0 aliphatic carbocycles. The smallest absolute Gasteiger partial charge is 0.0472 e. The van der Waals surface area contributed by atoms with Crippen LogP contribution in [0, 0.1) is 13.8 Å². The van der Waals surface area contributed by atoms with Crippen molar-refractivity contribution in [1.29, 1.82) is 0 Å². The summed E-state index contributed by atoms with van der Waals surface area (Å²) >= 11 is 3.57. The molecule has 0 aliphatic heterocycles. The summed E-state index contributed by atoms with van der Waals surface area (Å²) in [7, 11) is 0. The minimum Gasteiger partial charge on any atom is -0.310 e. The second-order valence-corrected chi connectivity index (χ2v) is 6.40. The molecule has 1 nitrogen and oxygen atoms in total. The summed E-state index contributed by atoms with van der Waals surface area (Å²) in [5.74, 6) is 0. The van der Waals surface area contributed by atoms with Gasteiger partial charge >= 0.3 is 0 Å². The minimum absolute atomic E-state index is 1.08.